The Morgan fingerprint density at radius 2 is 2.29 bits per heavy atom. The molecular weight excluding hydrogens is 220 g/mol. The lowest BCUT2D eigenvalue weighted by atomic mass is 10.1. The number of aromatic nitrogens is 1. The highest BCUT2D eigenvalue weighted by Gasteiger charge is 2.05. The molecule has 1 aromatic heterocycles. The molecule has 0 spiro atoms. The van der Waals surface area contributed by atoms with Crippen molar-refractivity contribution in [3.8, 4) is 0 Å². The molecule has 0 bridgehead atoms. The smallest absolute Gasteiger partial charge is 0.408 e. The fraction of sp³-hybridized carbons (Fsp3) is 0.364. The summed E-state index contributed by atoms with van der Waals surface area (Å²) in [7, 11) is 1.70. The molecule has 6 heteroatoms. The normalized spacial score (nSPS) is 11.2. The minimum Gasteiger partial charge on any atom is -0.408 e. The lowest BCUT2D eigenvalue weighted by Gasteiger charge is -2.04. The topological polar surface area (TPSA) is 85.2 Å². The molecule has 0 fully saturated rings. The van der Waals surface area contributed by atoms with Gasteiger partial charge >= 0.3 is 5.76 Å². The van der Waals surface area contributed by atoms with Gasteiger partial charge in [0.05, 0.1) is 12.2 Å². The van der Waals surface area contributed by atoms with Crippen molar-refractivity contribution >= 4 is 11.1 Å². The van der Waals surface area contributed by atoms with Crippen LogP contribution in [-0.2, 0) is 13.5 Å². The Kier molecular flexibility index (Phi) is 3.58. The first kappa shape index (κ1) is 11.8. The van der Waals surface area contributed by atoms with Crippen molar-refractivity contribution in [2.75, 3.05) is 13.2 Å². The summed E-state index contributed by atoms with van der Waals surface area (Å²) in [6, 6.07) is 5.76. The molecule has 0 saturated heterocycles. The molecule has 0 aliphatic rings. The van der Waals surface area contributed by atoms with Crippen LogP contribution < -0.4 is 22.3 Å². The van der Waals surface area contributed by atoms with E-state index in [1.54, 1.807) is 7.05 Å². The molecule has 0 aliphatic carbocycles. The van der Waals surface area contributed by atoms with Gasteiger partial charge in [-0.05, 0) is 24.1 Å². The van der Waals surface area contributed by atoms with Gasteiger partial charge in [0, 0.05) is 13.6 Å². The zero-order chi connectivity index (χ0) is 12.3. The number of nitrogens with one attached hydrogen (secondary N) is 2. The van der Waals surface area contributed by atoms with Gasteiger partial charge in [0.2, 0.25) is 0 Å². The van der Waals surface area contributed by atoms with Gasteiger partial charge in [-0.1, -0.05) is 6.07 Å². The third-order valence-corrected chi connectivity index (χ3v) is 2.67. The quantitative estimate of drug-likeness (QED) is 0.287. The molecule has 0 aliphatic heterocycles. The number of aryl methyl sites for hydroxylation is 1. The summed E-state index contributed by atoms with van der Waals surface area (Å²) in [5, 5.41) is 3.12. The average molecular weight is 236 g/mol. The highest BCUT2D eigenvalue weighted by Crippen LogP contribution is 2.14. The first-order valence-electron chi connectivity index (χ1n) is 5.45. The molecule has 0 unspecified atom stereocenters. The Bertz CT molecular complexity index is 558. The van der Waals surface area contributed by atoms with E-state index in [0.717, 1.165) is 24.0 Å². The number of benzene rings is 1. The van der Waals surface area contributed by atoms with Gasteiger partial charge in [-0.15, -0.1) is 0 Å². The second kappa shape index (κ2) is 5.13. The molecule has 17 heavy (non-hydrogen) atoms. The molecule has 6 nitrogen and oxygen atoms in total. The second-order valence-corrected chi connectivity index (χ2v) is 3.86. The van der Waals surface area contributed by atoms with E-state index in [2.05, 4.69) is 10.7 Å². The van der Waals surface area contributed by atoms with Crippen LogP contribution in [0.25, 0.3) is 11.1 Å². The summed E-state index contributed by atoms with van der Waals surface area (Å²) in [6.07, 6.45) is 0.872. The molecule has 92 valence electrons. The SMILES string of the molecule is Cn1c(=O)oc2ccc(CCNCNN)cc21. The van der Waals surface area contributed by atoms with E-state index in [9.17, 15) is 4.79 Å². The number of fused-ring (bicyclic) bond motifs is 1. The Balaban J connectivity index is 2.14. The molecular formula is C11H16N4O2. The average Bonchev–Trinajstić information content (AvgIpc) is 2.61. The maximum Gasteiger partial charge on any atom is 0.419 e. The van der Waals surface area contributed by atoms with Crippen molar-refractivity contribution in [2.45, 2.75) is 6.42 Å². The van der Waals surface area contributed by atoms with Crippen LogP contribution in [0, 0.1) is 0 Å². The van der Waals surface area contributed by atoms with Crippen molar-refractivity contribution in [1.82, 2.24) is 15.3 Å². The van der Waals surface area contributed by atoms with E-state index in [4.69, 9.17) is 10.3 Å². The summed E-state index contributed by atoms with van der Waals surface area (Å²) >= 11 is 0. The van der Waals surface area contributed by atoms with Crippen molar-refractivity contribution in [3.63, 3.8) is 0 Å². The van der Waals surface area contributed by atoms with E-state index in [1.165, 1.54) is 4.57 Å². The number of oxazole rings is 1. The maximum atomic E-state index is 11.3. The van der Waals surface area contributed by atoms with Crippen LogP contribution in [0.15, 0.2) is 27.4 Å². The minimum absolute atomic E-state index is 0.331. The van der Waals surface area contributed by atoms with Crippen molar-refractivity contribution in [1.29, 1.82) is 0 Å². The van der Waals surface area contributed by atoms with E-state index < -0.39 is 0 Å². The van der Waals surface area contributed by atoms with Crippen molar-refractivity contribution in [3.05, 3.63) is 34.3 Å². The molecule has 1 heterocycles. The van der Waals surface area contributed by atoms with Crippen LogP contribution in [0.4, 0.5) is 0 Å². The maximum absolute atomic E-state index is 11.3. The highest BCUT2D eigenvalue weighted by molar-refractivity contribution is 5.73. The van der Waals surface area contributed by atoms with Crippen LogP contribution in [-0.4, -0.2) is 17.8 Å². The zero-order valence-electron chi connectivity index (χ0n) is 9.69. The van der Waals surface area contributed by atoms with Gasteiger partial charge in [-0.3, -0.25) is 10.4 Å². The minimum atomic E-state index is -0.331. The number of nitrogens with two attached hydrogens (primary N) is 1. The van der Waals surface area contributed by atoms with E-state index >= 15 is 0 Å². The molecule has 0 saturated carbocycles. The molecule has 4 N–H and O–H groups in total. The van der Waals surface area contributed by atoms with Gasteiger partial charge in [0.25, 0.3) is 0 Å². The summed E-state index contributed by atoms with van der Waals surface area (Å²) in [4.78, 5) is 11.3. The molecule has 0 atom stereocenters. The van der Waals surface area contributed by atoms with Gasteiger partial charge in [0.15, 0.2) is 5.58 Å². The molecule has 0 amide bonds. The van der Waals surface area contributed by atoms with E-state index in [1.807, 2.05) is 18.2 Å². The fourth-order valence-electron chi connectivity index (χ4n) is 1.72. The monoisotopic (exact) mass is 236 g/mol. The number of rotatable bonds is 5. The summed E-state index contributed by atoms with van der Waals surface area (Å²) in [5.41, 5.74) is 5.12. The lowest BCUT2D eigenvalue weighted by Crippen LogP contribution is -2.34. The first-order valence-corrected chi connectivity index (χ1v) is 5.45. The number of hydrogen-bond donors (Lipinski definition) is 3. The Morgan fingerprint density at radius 3 is 3.06 bits per heavy atom. The molecule has 0 radical (unpaired) electrons. The molecule has 1 aromatic carbocycles. The Hall–Kier alpha value is -1.63. The standard InChI is InChI=1S/C11H16N4O2/c1-15-9-6-8(4-5-13-7-14-12)2-3-10(9)17-11(15)16/h2-3,6,13-14H,4-5,7,12H2,1H3. The number of hydrazine groups is 1. The predicted molar refractivity (Wildman–Crippen MR) is 65.4 cm³/mol. The fourth-order valence-corrected chi connectivity index (χ4v) is 1.72. The summed E-state index contributed by atoms with van der Waals surface area (Å²) in [6.45, 7) is 1.40. The van der Waals surface area contributed by atoms with Gasteiger partial charge in [-0.25, -0.2) is 10.2 Å². The summed E-state index contributed by atoms with van der Waals surface area (Å²) in [5.74, 6) is 4.81. The van der Waals surface area contributed by atoms with Crippen LogP contribution in [0.1, 0.15) is 5.56 Å². The third-order valence-electron chi connectivity index (χ3n) is 2.67. The predicted octanol–water partition coefficient (Wildman–Crippen LogP) is -0.316. The van der Waals surface area contributed by atoms with Crippen molar-refractivity contribution < 1.29 is 4.42 Å². The van der Waals surface area contributed by atoms with Crippen LogP contribution in [0.2, 0.25) is 0 Å². The first-order chi connectivity index (χ1) is 8.22. The summed E-state index contributed by atoms with van der Waals surface area (Å²) < 4.78 is 6.57. The van der Waals surface area contributed by atoms with E-state index in [0.29, 0.717) is 12.3 Å². The lowest BCUT2D eigenvalue weighted by molar-refractivity contribution is 0.528. The largest absolute Gasteiger partial charge is 0.419 e. The molecule has 2 aromatic rings. The van der Waals surface area contributed by atoms with Crippen LogP contribution in [0.5, 0.6) is 0 Å². The van der Waals surface area contributed by atoms with Crippen molar-refractivity contribution in [2.24, 2.45) is 12.9 Å². The number of nitrogens with zero attached hydrogens (tertiary/aromatic N) is 1. The van der Waals surface area contributed by atoms with Crippen LogP contribution in [0.3, 0.4) is 0 Å². The van der Waals surface area contributed by atoms with Crippen LogP contribution >= 0.6 is 0 Å². The Labute approximate surface area is 98.4 Å². The molecule has 2 rings (SSSR count). The zero-order valence-corrected chi connectivity index (χ0v) is 9.69. The van der Waals surface area contributed by atoms with Gasteiger partial charge in [-0.2, -0.15) is 0 Å². The van der Waals surface area contributed by atoms with Gasteiger partial charge < -0.3 is 9.73 Å². The van der Waals surface area contributed by atoms with Gasteiger partial charge in [0.1, 0.15) is 0 Å². The van der Waals surface area contributed by atoms with E-state index in [-0.39, 0.29) is 5.76 Å². The number of hydrogen-bond acceptors (Lipinski definition) is 5. The highest BCUT2D eigenvalue weighted by atomic mass is 16.4. The third kappa shape index (κ3) is 2.55. The second-order valence-electron chi connectivity index (χ2n) is 3.86. The Morgan fingerprint density at radius 1 is 1.47 bits per heavy atom.